The molecular formula is C14H15N3O4. The highest BCUT2D eigenvalue weighted by Crippen LogP contribution is 2.03. The first-order valence-corrected chi connectivity index (χ1v) is 6.33. The number of ether oxygens (including phenoxy) is 1. The minimum absolute atomic E-state index is 0.0864. The highest BCUT2D eigenvalue weighted by atomic mass is 16.5. The fraction of sp³-hybridized carbons (Fsp3) is 0.214. The molecule has 7 heteroatoms. The lowest BCUT2D eigenvalue weighted by atomic mass is 10.1. The second-order valence-corrected chi connectivity index (χ2v) is 4.38. The number of H-pyrrole nitrogens is 1. The molecule has 2 rings (SSSR count). The van der Waals surface area contributed by atoms with Gasteiger partial charge in [-0.05, 0) is 11.6 Å². The number of carbonyl (C=O) groups excluding carboxylic acids is 1. The van der Waals surface area contributed by atoms with Crippen LogP contribution in [0.4, 0.5) is 4.79 Å². The average molecular weight is 289 g/mol. The van der Waals surface area contributed by atoms with Crippen molar-refractivity contribution in [3.05, 3.63) is 53.9 Å². The summed E-state index contributed by atoms with van der Waals surface area (Å²) >= 11 is 0. The van der Waals surface area contributed by atoms with Gasteiger partial charge in [-0.2, -0.15) is 5.10 Å². The summed E-state index contributed by atoms with van der Waals surface area (Å²) in [4.78, 5) is 22.8. The smallest absolute Gasteiger partial charge is 0.408 e. The van der Waals surface area contributed by atoms with Gasteiger partial charge in [0.05, 0.1) is 0 Å². The van der Waals surface area contributed by atoms with Gasteiger partial charge >= 0.3 is 12.1 Å². The minimum atomic E-state index is -1.14. The highest BCUT2D eigenvalue weighted by Gasteiger charge is 2.21. The lowest BCUT2D eigenvalue weighted by Gasteiger charge is -2.13. The molecule has 7 nitrogen and oxygen atoms in total. The third-order valence-electron chi connectivity index (χ3n) is 2.79. The topological polar surface area (TPSA) is 104 Å². The number of carboxylic acids is 1. The van der Waals surface area contributed by atoms with E-state index < -0.39 is 18.1 Å². The monoisotopic (exact) mass is 289 g/mol. The molecule has 1 heterocycles. The van der Waals surface area contributed by atoms with E-state index in [4.69, 9.17) is 9.84 Å². The molecule has 0 saturated carbocycles. The Bertz CT molecular complexity index is 584. The number of carbonyl (C=O) groups is 2. The molecule has 1 aromatic heterocycles. The van der Waals surface area contributed by atoms with E-state index in [1.165, 1.54) is 6.20 Å². The summed E-state index contributed by atoms with van der Waals surface area (Å²) in [6.45, 7) is 0.0864. The Kier molecular flexibility index (Phi) is 4.92. The molecule has 0 radical (unpaired) electrons. The van der Waals surface area contributed by atoms with Crippen LogP contribution in [0.3, 0.4) is 0 Å². The third kappa shape index (κ3) is 4.64. The maximum absolute atomic E-state index is 11.6. The Hall–Kier alpha value is -2.83. The fourth-order valence-corrected chi connectivity index (χ4v) is 1.73. The van der Waals surface area contributed by atoms with Gasteiger partial charge in [0.1, 0.15) is 12.6 Å². The third-order valence-corrected chi connectivity index (χ3v) is 2.79. The zero-order chi connectivity index (χ0) is 15.1. The molecule has 0 fully saturated rings. The van der Waals surface area contributed by atoms with Crippen LogP contribution >= 0.6 is 0 Å². The van der Waals surface area contributed by atoms with Crippen LogP contribution in [0, 0.1) is 0 Å². The first-order valence-electron chi connectivity index (χ1n) is 6.33. The van der Waals surface area contributed by atoms with E-state index in [0.29, 0.717) is 5.69 Å². The van der Waals surface area contributed by atoms with Gasteiger partial charge in [-0.25, -0.2) is 9.59 Å². The number of aromatic amines is 1. The molecular weight excluding hydrogens is 274 g/mol. The van der Waals surface area contributed by atoms with Crippen molar-refractivity contribution in [2.75, 3.05) is 0 Å². The lowest BCUT2D eigenvalue weighted by Crippen LogP contribution is -2.42. The van der Waals surface area contributed by atoms with E-state index in [0.717, 1.165) is 5.56 Å². The van der Waals surface area contributed by atoms with Crippen molar-refractivity contribution in [1.29, 1.82) is 0 Å². The van der Waals surface area contributed by atoms with Gasteiger partial charge in [-0.3, -0.25) is 5.10 Å². The van der Waals surface area contributed by atoms with Crippen molar-refractivity contribution in [2.45, 2.75) is 19.1 Å². The van der Waals surface area contributed by atoms with Crippen molar-refractivity contribution < 1.29 is 19.4 Å². The van der Waals surface area contributed by atoms with E-state index >= 15 is 0 Å². The lowest BCUT2D eigenvalue weighted by molar-refractivity contribution is -0.139. The standard InChI is InChI=1S/C14H15N3O4/c18-13(19)12(8-11-6-7-15-17-11)16-14(20)21-9-10-4-2-1-3-5-10/h1-7,12H,8-9H2,(H,15,17)(H,16,20)(H,18,19). The van der Waals surface area contributed by atoms with Gasteiger partial charge in [0.2, 0.25) is 0 Å². The van der Waals surface area contributed by atoms with Gasteiger partial charge in [0.15, 0.2) is 0 Å². The molecule has 0 spiro atoms. The Labute approximate surface area is 120 Å². The van der Waals surface area contributed by atoms with Gasteiger partial charge in [0.25, 0.3) is 0 Å². The summed E-state index contributed by atoms with van der Waals surface area (Å²) in [6, 6.07) is 9.71. The van der Waals surface area contributed by atoms with Gasteiger partial charge < -0.3 is 15.2 Å². The van der Waals surface area contributed by atoms with Gasteiger partial charge in [-0.15, -0.1) is 0 Å². The Morgan fingerprint density at radius 3 is 2.67 bits per heavy atom. The summed E-state index contributed by atoms with van der Waals surface area (Å²) in [5.41, 5.74) is 1.44. The second kappa shape index (κ2) is 7.09. The van der Waals surface area contributed by atoms with Crippen LogP contribution in [0.5, 0.6) is 0 Å². The van der Waals surface area contributed by atoms with E-state index in [1.54, 1.807) is 6.07 Å². The van der Waals surface area contributed by atoms with Gasteiger partial charge in [-0.1, -0.05) is 30.3 Å². The van der Waals surface area contributed by atoms with Crippen LogP contribution in [0.2, 0.25) is 0 Å². The number of alkyl carbamates (subject to hydrolysis) is 1. The van der Waals surface area contributed by atoms with Crippen LogP contribution < -0.4 is 5.32 Å². The van der Waals surface area contributed by atoms with E-state index in [9.17, 15) is 9.59 Å². The number of amides is 1. The van der Waals surface area contributed by atoms with Crippen LogP contribution in [0.25, 0.3) is 0 Å². The Morgan fingerprint density at radius 2 is 2.05 bits per heavy atom. The van der Waals surface area contributed by atoms with E-state index in [-0.39, 0.29) is 13.0 Å². The SMILES string of the molecule is O=C(NC(Cc1ccn[nH]1)C(=O)O)OCc1ccccc1. The summed E-state index contributed by atoms with van der Waals surface area (Å²) in [6.07, 6.45) is 0.850. The summed E-state index contributed by atoms with van der Waals surface area (Å²) in [7, 11) is 0. The molecule has 0 saturated heterocycles. The number of aliphatic carboxylic acids is 1. The molecule has 3 N–H and O–H groups in total. The zero-order valence-corrected chi connectivity index (χ0v) is 11.2. The number of nitrogens with zero attached hydrogens (tertiary/aromatic N) is 1. The Balaban J connectivity index is 1.85. The summed E-state index contributed by atoms with van der Waals surface area (Å²) < 4.78 is 4.99. The maximum atomic E-state index is 11.6. The van der Waals surface area contributed by atoms with Crippen LogP contribution in [-0.4, -0.2) is 33.4 Å². The summed E-state index contributed by atoms with van der Waals surface area (Å²) in [5.74, 6) is -1.14. The number of rotatable bonds is 6. The van der Waals surface area contributed by atoms with Crippen LogP contribution in [-0.2, 0) is 22.6 Å². The molecule has 110 valence electrons. The largest absolute Gasteiger partial charge is 0.480 e. The molecule has 0 aliphatic carbocycles. The van der Waals surface area contributed by atoms with Crippen molar-refractivity contribution >= 4 is 12.1 Å². The number of hydrogen-bond donors (Lipinski definition) is 3. The maximum Gasteiger partial charge on any atom is 0.408 e. The molecule has 2 aromatic rings. The number of carboxylic acid groups (broad SMARTS) is 1. The Morgan fingerprint density at radius 1 is 1.29 bits per heavy atom. The number of hydrogen-bond acceptors (Lipinski definition) is 4. The second-order valence-electron chi connectivity index (χ2n) is 4.38. The molecule has 0 bridgehead atoms. The van der Waals surface area contributed by atoms with Crippen molar-refractivity contribution in [3.8, 4) is 0 Å². The molecule has 1 atom stereocenters. The minimum Gasteiger partial charge on any atom is -0.480 e. The fourth-order valence-electron chi connectivity index (χ4n) is 1.73. The number of aromatic nitrogens is 2. The molecule has 21 heavy (non-hydrogen) atoms. The first kappa shape index (κ1) is 14.6. The molecule has 1 amide bonds. The summed E-state index contributed by atoms with van der Waals surface area (Å²) in [5, 5.41) is 17.8. The van der Waals surface area contributed by atoms with E-state index in [2.05, 4.69) is 15.5 Å². The van der Waals surface area contributed by atoms with Crippen molar-refractivity contribution in [2.24, 2.45) is 0 Å². The van der Waals surface area contributed by atoms with Crippen molar-refractivity contribution in [3.63, 3.8) is 0 Å². The molecule has 0 aliphatic rings. The number of nitrogens with one attached hydrogen (secondary N) is 2. The predicted octanol–water partition coefficient (Wildman–Crippen LogP) is 1.33. The zero-order valence-electron chi connectivity index (χ0n) is 11.2. The molecule has 1 aromatic carbocycles. The predicted molar refractivity (Wildman–Crippen MR) is 73.5 cm³/mol. The van der Waals surface area contributed by atoms with Crippen LogP contribution in [0.1, 0.15) is 11.3 Å². The highest BCUT2D eigenvalue weighted by molar-refractivity contribution is 5.80. The van der Waals surface area contributed by atoms with E-state index in [1.807, 2.05) is 30.3 Å². The normalized spacial score (nSPS) is 11.6. The van der Waals surface area contributed by atoms with Crippen LogP contribution in [0.15, 0.2) is 42.6 Å². The first-order chi connectivity index (χ1) is 10.1. The number of benzene rings is 1. The quantitative estimate of drug-likeness (QED) is 0.744. The van der Waals surface area contributed by atoms with Gasteiger partial charge in [0, 0.05) is 18.3 Å². The molecule has 0 aliphatic heterocycles. The average Bonchev–Trinajstić information content (AvgIpc) is 2.98. The van der Waals surface area contributed by atoms with Crippen molar-refractivity contribution in [1.82, 2.24) is 15.5 Å². The molecule has 1 unspecified atom stereocenters.